The van der Waals surface area contributed by atoms with Gasteiger partial charge in [0, 0.05) is 30.6 Å². The second kappa shape index (κ2) is 7.39. The molecule has 1 amide bonds. The molecule has 1 saturated heterocycles. The van der Waals surface area contributed by atoms with E-state index in [1.807, 2.05) is 0 Å². The smallest absolute Gasteiger partial charge is 0.251 e. The standard InChI is InChI=1S/C16H24N2O2/c1-3-12(4-2)15-11-14(7-10-20-15)18-16(19)13-5-8-17-9-6-13/h5-6,8-9,12,14-15H,3-4,7,10-11H2,1-2H3,(H,18,19)/t14-,15+/m0/s1. The summed E-state index contributed by atoms with van der Waals surface area (Å²) < 4.78 is 5.88. The molecule has 1 aliphatic rings. The van der Waals surface area contributed by atoms with Crippen molar-refractivity contribution in [1.29, 1.82) is 0 Å². The fourth-order valence-corrected chi connectivity index (χ4v) is 2.87. The van der Waals surface area contributed by atoms with E-state index in [1.165, 1.54) is 0 Å². The van der Waals surface area contributed by atoms with Crippen molar-refractivity contribution < 1.29 is 9.53 Å². The number of pyridine rings is 1. The fourth-order valence-electron chi connectivity index (χ4n) is 2.87. The Morgan fingerprint density at radius 3 is 2.75 bits per heavy atom. The molecule has 0 spiro atoms. The van der Waals surface area contributed by atoms with E-state index in [9.17, 15) is 4.79 Å². The van der Waals surface area contributed by atoms with Crippen molar-refractivity contribution in [2.75, 3.05) is 6.61 Å². The van der Waals surface area contributed by atoms with Crippen LogP contribution in [-0.4, -0.2) is 29.6 Å². The highest BCUT2D eigenvalue weighted by Crippen LogP contribution is 2.25. The lowest BCUT2D eigenvalue weighted by Crippen LogP contribution is -2.44. The van der Waals surface area contributed by atoms with Gasteiger partial charge < -0.3 is 10.1 Å². The normalized spacial score (nSPS) is 22.8. The van der Waals surface area contributed by atoms with Gasteiger partial charge in [-0.1, -0.05) is 26.7 Å². The van der Waals surface area contributed by atoms with Gasteiger partial charge >= 0.3 is 0 Å². The average Bonchev–Trinajstić information content (AvgIpc) is 2.50. The van der Waals surface area contributed by atoms with Crippen LogP contribution in [-0.2, 0) is 4.74 Å². The number of hydrogen-bond donors (Lipinski definition) is 1. The molecule has 0 unspecified atom stereocenters. The predicted molar refractivity (Wildman–Crippen MR) is 78.5 cm³/mol. The van der Waals surface area contributed by atoms with E-state index in [2.05, 4.69) is 24.1 Å². The second-order valence-corrected chi connectivity index (χ2v) is 5.42. The molecule has 0 aliphatic carbocycles. The zero-order valence-corrected chi connectivity index (χ0v) is 12.3. The first-order valence-corrected chi connectivity index (χ1v) is 7.57. The van der Waals surface area contributed by atoms with Crippen LogP contribution in [0.15, 0.2) is 24.5 Å². The summed E-state index contributed by atoms with van der Waals surface area (Å²) in [6.45, 7) is 5.15. The van der Waals surface area contributed by atoms with Crippen molar-refractivity contribution in [3.8, 4) is 0 Å². The summed E-state index contributed by atoms with van der Waals surface area (Å²) in [5.41, 5.74) is 0.672. The number of carbonyl (C=O) groups is 1. The van der Waals surface area contributed by atoms with Gasteiger partial charge in [0.05, 0.1) is 6.10 Å². The maximum absolute atomic E-state index is 12.1. The van der Waals surface area contributed by atoms with E-state index in [0.29, 0.717) is 11.5 Å². The third-order valence-corrected chi connectivity index (χ3v) is 4.17. The summed E-state index contributed by atoms with van der Waals surface area (Å²) in [7, 11) is 0. The van der Waals surface area contributed by atoms with Gasteiger partial charge in [0.1, 0.15) is 0 Å². The lowest BCUT2D eigenvalue weighted by Gasteiger charge is -2.34. The van der Waals surface area contributed by atoms with Crippen molar-refractivity contribution in [2.45, 2.75) is 51.7 Å². The molecular weight excluding hydrogens is 252 g/mol. The van der Waals surface area contributed by atoms with Crippen LogP contribution in [0.25, 0.3) is 0 Å². The molecule has 4 heteroatoms. The molecule has 0 bridgehead atoms. The van der Waals surface area contributed by atoms with Crippen LogP contribution in [0, 0.1) is 5.92 Å². The van der Waals surface area contributed by atoms with Crippen LogP contribution in [0.4, 0.5) is 0 Å². The molecule has 1 aliphatic heterocycles. The number of rotatable bonds is 5. The van der Waals surface area contributed by atoms with Crippen LogP contribution in [0.5, 0.6) is 0 Å². The molecule has 1 fully saturated rings. The lowest BCUT2D eigenvalue weighted by molar-refractivity contribution is -0.0337. The number of nitrogens with zero attached hydrogens (tertiary/aromatic N) is 1. The molecule has 0 aromatic carbocycles. The van der Waals surface area contributed by atoms with Gasteiger partial charge in [0.25, 0.3) is 5.91 Å². The maximum Gasteiger partial charge on any atom is 0.251 e. The predicted octanol–water partition coefficient (Wildman–Crippen LogP) is 2.80. The van der Waals surface area contributed by atoms with E-state index in [-0.39, 0.29) is 18.1 Å². The SMILES string of the molecule is CCC(CC)[C@H]1C[C@@H](NC(=O)c2ccncc2)CCO1. The van der Waals surface area contributed by atoms with E-state index in [4.69, 9.17) is 4.74 Å². The number of amides is 1. The summed E-state index contributed by atoms with van der Waals surface area (Å²) in [5, 5.41) is 3.12. The largest absolute Gasteiger partial charge is 0.378 e. The monoisotopic (exact) mass is 276 g/mol. The molecule has 2 atom stereocenters. The van der Waals surface area contributed by atoms with Crippen molar-refractivity contribution in [3.05, 3.63) is 30.1 Å². The molecule has 0 saturated carbocycles. The van der Waals surface area contributed by atoms with Crippen LogP contribution in [0.1, 0.15) is 49.9 Å². The van der Waals surface area contributed by atoms with Gasteiger partial charge in [-0.05, 0) is 30.9 Å². The van der Waals surface area contributed by atoms with E-state index in [1.54, 1.807) is 24.5 Å². The van der Waals surface area contributed by atoms with Gasteiger partial charge in [-0.3, -0.25) is 9.78 Å². The number of nitrogens with one attached hydrogen (secondary N) is 1. The summed E-state index contributed by atoms with van der Waals surface area (Å²) >= 11 is 0. The Kier molecular flexibility index (Phi) is 5.53. The van der Waals surface area contributed by atoms with Crippen molar-refractivity contribution in [2.24, 2.45) is 5.92 Å². The van der Waals surface area contributed by atoms with Gasteiger partial charge in [-0.15, -0.1) is 0 Å². The van der Waals surface area contributed by atoms with Crippen LogP contribution in [0.3, 0.4) is 0 Å². The first kappa shape index (κ1) is 15.0. The Hall–Kier alpha value is -1.42. The molecule has 1 aromatic rings. The number of carbonyl (C=O) groups excluding carboxylic acids is 1. The summed E-state index contributed by atoms with van der Waals surface area (Å²) in [5.74, 6) is 0.582. The van der Waals surface area contributed by atoms with Crippen LogP contribution in [0.2, 0.25) is 0 Å². The summed E-state index contributed by atoms with van der Waals surface area (Å²) in [6.07, 6.45) is 7.65. The Bertz CT molecular complexity index is 418. The molecule has 20 heavy (non-hydrogen) atoms. The molecule has 0 radical (unpaired) electrons. The summed E-state index contributed by atoms with van der Waals surface area (Å²) in [6, 6.07) is 3.70. The first-order valence-electron chi connectivity index (χ1n) is 7.57. The van der Waals surface area contributed by atoms with Crippen LogP contribution < -0.4 is 5.32 Å². The number of aromatic nitrogens is 1. The topological polar surface area (TPSA) is 51.2 Å². The highest BCUT2D eigenvalue weighted by atomic mass is 16.5. The van der Waals surface area contributed by atoms with Gasteiger partial charge in [0.15, 0.2) is 0 Å². The van der Waals surface area contributed by atoms with E-state index in [0.717, 1.165) is 32.3 Å². The highest BCUT2D eigenvalue weighted by molar-refractivity contribution is 5.94. The zero-order chi connectivity index (χ0) is 14.4. The molecular formula is C16H24N2O2. The second-order valence-electron chi connectivity index (χ2n) is 5.42. The summed E-state index contributed by atoms with van der Waals surface area (Å²) in [4.78, 5) is 16.1. The Morgan fingerprint density at radius 1 is 1.40 bits per heavy atom. The Balaban J connectivity index is 1.91. The van der Waals surface area contributed by atoms with Crippen molar-refractivity contribution >= 4 is 5.91 Å². The highest BCUT2D eigenvalue weighted by Gasteiger charge is 2.28. The minimum absolute atomic E-state index is 0.0115. The van der Waals surface area contributed by atoms with Crippen LogP contribution >= 0.6 is 0 Å². The molecule has 1 aromatic heterocycles. The van der Waals surface area contributed by atoms with Gasteiger partial charge in [0.2, 0.25) is 0 Å². The number of ether oxygens (including phenoxy) is 1. The third-order valence-electron chi connectivity index (χ3n) is 4.17. The maximum atomic E-state index is 12.1. The lowest BCUT2D eigenvalue weighted by atomic mass is 9.89. The molecule has 1 N–H and O–H groups in total. The minimum Gasteiger partial charge on any atom is -0.378 e. The Labute approximate surface area is 120 Å². The molecule has 2 heterocycles. The minimum atomic E-state index is -0.0115. The zero-order valence-electron chi connectivity index (χ0n) is 12.3. The molecule has 2 rings (SSSR count). The quantitative estimate of drug-likeness (QED) is 0.899. The van der Waals surface area contributed by atoms with E-state index < -0.39 is 0 Å². The Morgan fingerprint density at radius 2 is 2.10 bits per heavy atom. The van der Waals surface area contributed by atoms with Gasteiger partial charge in [-0.2, -0.15) is 0 Å². The average molecular weight is 276 g/mol. The molecule has 4 nitrogen and oxygen atoms in total. The van der Waals surface area contributed by atoms with E-state index >= 15 is 0 Å². The first-order chi connectivity index (χ1) is 9.74. The van der Waals surface area contributed by atoms with Crippen molar-refractivity contribution in [1.82, 2.24) is 10.3 Å². The third kappa shape index (κ3) is 3.79. The number of hydrogen-bond acceptors (Lipinski definition) is 3. The van der Waals surface area contributed by atoms with Crippen molar-refractivity contribution in [3.63, 3.8) is 0 Å². The van der Waals surface area contributed by atoms with Gasteiger partial charge in [-0.25, -0.2) is 0 Å². The fraction of sp³-hybridized carbons (Fsp3) is 0.625. The molecule has 110 valence electrons.